The lowest BCUT2D eigenvalue weighted by atomic mass is 10.1. The summed E-state index contributed by atoms with van der Waals surface area (Å²) >= 11 is 0. The van der Waals surface area contributed by atoms with Gasteiger partial charge in [-0.2, -0.15) is 8.78 Å². The average molecular weight is 214 g/mol. The molecule has 0 saturated carbocycles. The van der Waals surface area contributed by atoms with Gasteiger partial charge < -0.3 is 10.1 Å². The summed E-state index contributed by atoms with van der Waals surface area (Å²) in [6, 6.07) is 3.45. The number of aryl methyl sites for hydroxylation is 1. The molecule has 1 aromatic rings. The molecular weight excluding hydrogens is 202 g/mol. The van der Waals surface area contributed by atoms with Gasteiger partial charge in [0.05, 0.1) is 6.54 Å². The maximum atomic E-state index is 12.9. The first-order valence-electron chi connectivity index (χ1n) is 4.76. The zero-order chi connectivity index (χ0) is 10.9. The van der Waals surface area contributed by atoms with Gasteiger partial charge >= 0.3 is 6.11 Å². The predicted molar refractivity (Wildman–Crippen MR) is 50.6 cm³/mol. The minimum absolute atomic E-state index is 0.402. The molecule has 1 N–H and O–H groups in total. The molecule has 0 unspecified atom stereocenters. The summed E-state index contributed by atoms with van der Waals surface area (Å²) < 4.78 is 30.6. The Bertz CT molecular complexity index is 357. The SMILES string of the molecule is Cc1cc([C@H]2CNCC(F)(F)O2)ccn1. The summed E-state index contributed by atoms with van der Waals surface area (Å²) in [4.78, 5) is 4.01. The van der Waals surface area contributed by atoms with E-state index in [2.05, 4.69) is 10.3 Å². The molecule has 1 aromatic heterocycles. The van der Waals surface area contributed by atoms with Crippen molar-refractivity contribution in [3.8, 4) is 0 Å². The molecule has 2 rings (SSSR count). The van der Waals surface area contributed by atoms with Gasteiger partial charge in [0.1, 0.15) is 6.10 Å². The van der Waals surface area contributed by atoms with Crippen molar-refractivity contribution in [2.75, 3.05) is 13.1 Å². The molecule has 0 aromatic carbocycles. The first-order valence-corrected chi connectivity index (χ1v) is 4.76. The van der Waals surface area contributed by atoms with E-state index < -0.39 is 18.8 Å². The number of ether oxygens (including phenoxy) is 1. The second-order valence-corrected chi connectivity index (χ2v) is 3.61. The highest BCUT2D eigenvalue weighted by atomic mass is 19.3. The molecule has 0 bridgehead atoms. The van der Waals surface area contributed by atoms with Crippen LogP contribution in [0.5, 0.6) is 0 Å². The molecule has 1 aliphatic heterocycles. The highest BCUT2D eigenvalue weighted by Crippen LogP contribution is 2.29. The molecule has 5 heteroatoms. The Labute approximate surface area is 86.5 Å². The van der Waals surface area contributed by atoms with Crippen LogP contribution < -0.4 is 5.32 Å². The van der Waals surface area contributed by atoms with Gasteiger partial charge in [-0.25, -0.2) is 0 Å². The number of aromatic nitrogens is 1. The fraction of sp³-hybridized carbons (Fsp3) is 0.500. The number of alkyl halides is 2. The summed E-state index contributed by atoms with van der Waals surface area (Å²) in [5, 5.41) is 2.65. The minimum Gasteiger partial charge on any atom is -0.310 e. The van der Waals surface area contributed by atoms with Crippen molar-refractivity contribution in [3.63, 3.8) is 0 Å². The van der Waals surface area contributed by atoms with E-state index >= 15 is 0 Å². The molecule has 15 heavy (non-hydrogen) atoms. The van der Waals surface area contributed by atoms with Crippen molar-refractivity contribution < 1.29 is 13.5 Å². The number of nitrogens with zero attached hydrogens (tertiary/aromatic N) is 1. The molecular formula is C10H12F2N2O. The summed E-state index contributed by atoms with van der Waals surface area (Å²) in [7, 11) is 0. The molecule has 0 aliphatic carbocycles. The number of nitrogens with one attached hydrogen (secondary N) is 1. The van der Waals surface area contributed by atoms with Crippen LogP contribution in [-0.4, -0.2) is 24.2 Å². The number of morpholine rings is 1. The fourth-order valence-corrected chi connectivity index (χ4v) is 1.59. The summed E-state index contributed by atoms with van der Waals surface area (Å²) in [6.07, 6.45) is -2.09. The number of halogens is 2. The zero-order valence-electron chi connectivity index (χ0n) is 8.34. The van der Waals surface area contributed by atoms with E-state index in [0.29, 0.717) is 6.54 Å². The van der Waals surface area contributed by atoms with Gasteiger partial charge in [0, 0.05) is 18.4 Å². The number of pyridine rings is 1. The Balaban J connectivity index is 2.17. The largest absolute Gasteiger partial charge is 0.368 e. The van der Waals surface area contributed by atoms with Crippen LogP contribution in [0.25, 0.3) is 0 Å². The highest BCUT2D eigenvalue weighted by Gasteiger charge is 2.37. The minimum atomic E-state index is -3.08. The highest BCUT2D eigenvalue weighted by molar-refractivity contribution is 5.19. The van der Waals surface area contributed by atoms with Crippen LogP contribution in [0, 0.1) is 6.92 Å². The maximum Gasteiger partial charge on any atom is 0.368 e. The molecule has 0 spiro atoms. The third-order valence-corrected chi connectivity index (χ3v) is 2.27. The van der Waals surface area contributed by atoms with Gasteiger partial charge in [-0.3, -0.25) is 4.98 Å². The maximum absolute atomic E-state index is 12.9. The van der Waals surface area contributed by atoms with Crippen molar-refractivity contribution in [2.45, 2.75) is 19.1 Å². The van der Waals surface area contributed by atoms with Gasteiger partial charge in [-0.05, 0) is 24.6 Å². The topological polar surface area (TPSA) is 34.1 Å². The third-order valence-electron chi connectivity index (χ3n) is 2.27. The Kier molecular flexibility index (Phi) is 2.67. The van der Waals surface area contributed by atoms with Crippen LogP contribution in [0.15, 0.2) is 18.3 Å². The molecule has 1 atom stereocenters. The van der Waals surface area contributed by atoms with Crippen LogP contribution >= 0.6 is 0 Å². The summed E-state index contributed by atoms with van der Waals surface area (Å²) in [6.45, 7) is 1.80. The Morgan fingerprint density at radius 3 is 3.07 bits per heavy atom. The van der Waals surface area contributed by atoms with E-state index in [9.17, 15) is 8.78 Å². The van der Waals surface area contributed by atoms with Crippen molar-refractivity contribution in [2.24, 2.45) is 0 Å². The van der Waals surface area contributed by atoms with Crippen LogP contribution in [0.4, 0.5) is 8.78 Å². The quantitative estimate of drug-likeness (QED) is 0.771. The van der Waals surface area contributed by atoms with Crippen molar-refractivity contribution in [1.82, 2.24) is 10.3 Å². The van der Waals surface area contributed by atoms with E-state index in [1.807, 2.05) is 6.92 Å². The molecule has 2 heterocycles. The van der Waals surface area contributed by atoms with Crippen LogP contribution in [0.1, 0.15) is 17.4 Å². The summed E-state index contributed by atoms with van der Waals surface area (Å²) in [5.74, 6) is 0. The van der Waals surface area contributed by atoms with Crippen molar-refractivity contribution >= 4 is 0 Å². The summed E-state index contributed by atoms with van der Waals surface area (Å²) in [5.41, 5.74) is 1.53. The Morgan fingerprint density at radius 2 is 2.40 bits per heavy atom. The fourth-order valence-electron chi connectivity index (χ4n) is 1.59. The predicted octanol–water partition coefficient (Wildman–Crippen LogP) is 1.64. The first kappa shape index (κ1) is 10.4. The third kappa shape index (κ3) is 2.49. The van der Waals surface area contributed by atoms with Crippen molar-refractivity contribution in [3.05, 3.63) is 29.6 Å². The molecule has 1 fully saturated rings. The van der Waals surface area contributed by atoms with Gasteiger partial charge in [-0.1, -0.05) is 0 Å². The standard InChI is InChI=1S/C10H12F2N2O/c1-7-4-8(2-3-14-7)9-5-13-6-10(11,12)15-9/h2-4,9,13H,5-6H2,1H3/t9-/m1/s1. The molecule has 82 valence electrons. The van der Waals surface area contributed by atoms with Gasteiger partial charge in [0.15, 0.2) is 0 Å². The van der Waals surface area contributed by atoms with Crippen LogP contribution in [-0.2, 0) is 4.74 Å². The number of hydrogen-bond donors (Lipinski definition) is 1. The Morgan fingerprint density at radius 1 is 1.60 bits per heavy atom. The molecule has 3 nitrogen and oxygen atoms in total. The van der Waals surface area contributed by atoms with E-state index in [4.69, 9.17) is 4.74 Å². The average Bonchev–Trinajstić information content (AvgIpc) is 2.16. The van der Waals surface area contributed by atoms with Crippen LogP contribution in [0.3, 0.4) is 0 Å². The van der Waals surface area contributed by atoms with Gasteiger partial charge in [0.25, 0.3) is 0 Å². The van der Waals surface area contributed by atoms with Gasteiger partial charge in [0.2, 0.25) is 0 Å². The number of rotatable bonds is 1. The second-order valence-electron chi connectivity index (χ2n) is 3.61. The van der Waals surface area contributed by atoms with Gasteiger partial charge in [-0.15, -0.1) is 0 Å². The van der Waals surface area contributed by atoms with E-state index in [0.717, 1.165) is 11.3 Å². The molecule has 0 amide bonds. The second kappa shape index (κ2) is 3.83. The lowest BCUT2D eigenvalue weighted by Crippen LogP contribution is -2.45. The molecule has 1 saturated heterocycles. The lowest BCUT2D eigenvalue weighted by molar-refractivity contribution is -0.275. The number of hydrogen-bond acceptors (Lipinski definition) is 3. The zero-order valence-corrected chi connectivity index (χ0v) is 8.34. The van der Waals surface area contributed by atoms with Crippen LogP contribution in [0.2, 0.25) is 0 Å². The Hall–Kier alpha value is -1.07. The smallest absolute Gasteiger partial charge is 0.310 e. The monoisotopic (exact) mass is 214 g/mol. The molecule has 0 radical (unpaired) electrons. The van der Waals surface area contributed by atoms with E-state index in [1.165, 1.54) is 0 Å². The van der Waals surface area contributed by atoms with Crippen molar-refractivity contribution in [1.29, 1.82) is 0 Å². The van der Waals surface area contributed by atoms with E-state index in [-0.39, 0.29) is 0 Å². The lowest BCUT2D eigenvalue weighted by Gasteiger charge is -2.30. The normalized spacial score (nSPS) is 25.1. The van der Waals surface area contributed by atoms with E-state index in [1.54, 1.807) is 18.3 Å². The first-order chi connectivity index (χ1) is 7.07. The molecule has 1 aliphatic rings.